The normalized spacial score (nSPS) is 24.7. The largest absolute Gasteiger partial charge is 0.714 e. The molecule has 158 valence electrons. The number of pyridine rings is 1. The second-order valence-electron chi connectivity index (χ2n) is 10.0. The number of nitrogens with zero attached hydrogens (tertiary/aromatic N) is 5. The summed E-state index contributed by atoms with van der Waals surface area (Å²) >= 11 is 0. The molecule has 1 aromatic heterocycles. The first-order chi connectivity index (χ1) is 13.0. The first kappa shape index (κ1) is 21.3. The van der Waals surface area contributed by atoms with Crippen molar-refractivity contribution in [3.8, 4) is 0 Å². The molecule has 1 aromatic rings. The molecule has 0 saturated heterocycles. The van der Waals surface area contributed by atoms with Crippen LogP contribution in [-0.4, -0.2) is 53.4 Å². The highest BCUT2D eigenvalue weighted by atomic mass is 16.5. The topological polar surface area (TPSA) is 102 Å². The van der Waals surface area contributed by atoms with Gasteiger partial charge in [-0.15, -0.1) is 0 Å². The summed E-state index contributed by atoms with van der Waals surface area (Å²) in [6.07, 6.45) is 3.28. The van der Waals surface area contributed by atoms with Crippen molar-refractivity contribution in [2.45, 2.75) is 77.5 Å². The van der Waals surface area contributed by atoms with Gasteiger partial charge in [-0.3, -0.25) is 9.48 Å². The van der Waals surface area contributed by atoms with Gasteiger partial charge >= 0.3 is 11.7 Å². The molecule has 0 aromatic carbocycles. The number of aromatic nitrogens is 1. The van der Waals surface area contributed by atoms with Crippen molar-refractivity contribution in [3.05, 3.63) is 40.0 Å². The van der Waals surface area contributed by atoms with E-state index in [0.29, 0.717) is 11.1 Å². The predicted molar refractivity (Wildman–Crippen MR) is 104 cm³/mol. The lowest BCUT2D eigenvalue weighted by atomic mass is 9.84. The van der Waals surface area contributed by atoms with E-state index >= 15 is 0 Å². The Hall–Kier alpha value is -2.39. The van der Waals surface area contributed by atoms with Gasteiger partial charge in [0.05, 0.1) is 0 Å². The second kappa shape index (κ2) is 5.82. The first-order valence-electron chi connectivity index (χ1n) is 9.64. The smallest absolute Gasteiger partial charge is 0.322 e. The van der Waals surface area contributed by atoms with Crippen LogP contribution < -0.4 is 4.57 Å². The molecule has 9 nitrogen and oxygen atoms in total. The van der Waals surface area contributed by atoms with Crippen molar-refractivity contribution in [2.75, 3.05) is 0 Å². The molecule has 0 saturated carbocycles. The summed E-state index contributed by atoms with van der Waals surface area (Å²) in [5.74, 6) is -0.0751. The van der Waals surface area contributed by atoms with Crippen molar-refractivity contribution in [2.24, 2.45) is 7.05 Å². The third kappa shape index (κ3) is 2.50. The van der Waals surface area contributed by atoms with E-state index in [4.69, 9.17) is 0 Å². The Labute approximate surface area is 171 Å². The van der Waals surface area contributed by atoms with Gasteiger partial charge in [0.15, 0.2) is 23.5 Å². The third-order valence-corrected chi connectivity index (χ3v) is 7.31. The molecule has 0 fully saturated rings. The van der Waals surface area contributed by atoms with E-state index in [1.807, 2.05) is 0 Å². The van der Waals surface area contributed by atoms with Crippen LogP contribution in [0.4, 0.5) is 0 Å². The van der Waals surface area contributed by atoms with Crippen molar-refractivity contribution >= 4 is 11.7 Å². The molecule has 0 unspecified atom stereocenters. The van der Waals surface area contributed by atoms with E-state index in [9.17, 15) is 20.8 Å². The second-order valence-corrected chi connectivity index (χ2v) is 10.0. The van der Waals surface area contributed by atoms with Gasteiger partial charge in [0.25, 0.3) is 0 Å². The van der Waals surface area contributed by atoms with Crippen LogP contribution in [0.25, 0.3) is 0 Å². The Bertz CT molecular complexity index is 874. The summed E-state index contributed by atoms with van der Waals surface area (Å²) in [4.78, 5) is 0. The maximum absolute atomic E-state index is 13.0. The minimum absolute atomic E-state index is 0.0375. The first-order valence-corrected chi connectivity index (χ1v) is 9.64. The molecule has 0 N–H and O–H groups in total. The van der Waals surface area contributed by atoms with Gasteiger partial charge < -0.3 is 10.4 Å². The Morgan fingerprint density at radius 1 is 0.724 bits per heavy atom. The standard InChI is InChI=1S/C20H30N5O4/c1-17(2)18(3,4)23(27)15(22(17)26)13-10-14(12-21(9)11-13)16-24(28)19(5,6)20(7,8)25(16)29/h10-12H,1-9H3/q+1. The van der Waals surface area contributed by atoms with E-state index in [1.165, 1.54) is 0 Å². The summed E-state index contributed by atoms with van der Waals surface area (Å²) in [5.41, 5.74) is -3.14. The van der Waals surface area contributed by atoms with Gasteiger partial charge in [0.2, 0.25) is 0 Å². The van der Waals surface area contributed by atoms with Gasteiger partial charge in [-0.25, -0.2) is 4.57 Å². The van der Waals surface area contributed by atoms with Crippen LogP contribution in [0.15, 0.2) is 18.5 Å². The zero-order valence-corrected chi connectivity index (χ0v) is 18.6. The Kier molecular flexibility index (Phi) is 4.28. The SMILES string of the molecule is C[n+]1cc(C2=[N+]([O-])C(C)(C)C(C)(C)N2[O])cc(C2=[N+]([O-])C(C)(C)C(C)(C)N2[O])c1. The molecule has 0 aliphatic carbocycles. The molecule has 0 atom stereocenters. The van der Waals surface area contributed by atoms with Crippen LogP contribution >= 0.6 is 0 Å². The highest BCUT2D eigenvalue weighted by Crippen LogP contribution is 2.39. The van der Waals surface area contributed by atoms with Crippen LogP contribution in [0.5, 0.6) is 0 Å². The fourth-order valence-corrected chi connectivity index (χ4v) is 3.65. The molecule has 3 rings (SSSR count). The zero-order chi connectivity index (χ0) is 22.3. The quantitative estimate of drug-likeness (QED) is 0.550. The highest BCUT2D eigenvalue weighted by molar-refractivity contribution is 6.00. The maximum Gasteiger partial charge on any atom is 0.322 e. The summed E-state index contributed by atoms with van der Waals surface area (Å²) in [6, 6.07) is 1.56. The molecule has 3 heterocycles. The Morgan fingerprint density at radius 3 is 1.28 bits per heavy atom. The fourth-order valence-electron chi connectivity index (χ4n) is 3.65. The monoisotopic (exact) mass is 404 g/mol. The molecule has 0 spiro atoms. The third-order valence-electron chi connectivity index (χ3n) is 7.31. The number of hydrogen-bond acceptors (Lipinski definition) is 4. The average molecular weight is 404 g/mol. The molecule has 2 aliphatic heterocycles. The molecular weight excluding hydrogens is 374 g/mol. The molecular formula is C20H30N5O4+. The average Bonchev–Trinajstić information content (AvgIpc) is 2.78. The van der Waals surface area contributed by atoms with E-state index in [-0.39, 0.29) is 11.7 Å². The lowest BCUT2D eigenvalue weighted by Crippen LogP contribution is -2.53. The number of aryl methyl sites for hydroxylation is 1. The molecule has 0 bridgehead atoms. The zero-order valence-electron chi connectivity index (χ0n) is 18.6. The van der Waals surface area contributed by atoms with Gasteiger partial charge in [-0.05, 0) is 61.5 Å². The number of rotatable bonds is 2. The number of amidine groups is 2. The minimum atomic E-state index is -0.960. The maximum atomic E-state index is 13.0. The van der Waals surface area contributed by atoms with Crippen molar-refractivity contribution < 1.29 is 24.5 Å². The fraction of sp³-hybridized carbons (Fsp3) is 0.650. The molecule has 2 aliphatic rings. The molecule has 29 heavy (non-hydrogen) atoms. The van der Waals surface area contributed by atoms with Crippen LogP contribution in [0.3, 0.4) is 0 Å². The van der Waals surface area contributed by atoms with Crippen LogP contribution in [0, 0.1) is 10.4 Å². The van der Waals surface area contributed by atoms with Gasteiger partial charge in [0, 0.05) is 10.4 Å². The Balaban J connectivity index is 2.22. The predicted octanol–water partition coefficient (Wildman–Crippen LogP) is 1.46. The lowest BCUT2D eigenvalue weighted by Gasteiger charge is -2.32. The number of hydrogen-bond donors (Lipinski definition) is 0. The van der Waals surface area contributed by atoms with Crippen LogP contribution in [-0.2, 0) is 17.5 Å². The van der Waals surface area contributed by atoms with E-state index in [2.05, 4.69) is 0 Å². The Morgan fingerprint density at radius 2 is 1.03 bits per heavy atom. The summed E-state index contributed by atoms with van der Waals surface area (Å²) < 4.78 is 3.08. The van der Waals surface area contributed by atoms with Gasteiger partial charge in [-0.1, -0.05) is 10.1 Å². The highest BCUT2D eigenvalue weighted by Gasteiger charge is 2.62. The summed E-state index contributed by atoms with van der Waals surface area (Å²) in [5, 5.41) is 53.5. The molecule has 2 radical (unpaired) electrons. The summed E-state index contributed by atoms with van der Waals surface area (Å²) in [7, 11) is 1.72. The van der Waals surface area contributed by atoms with Crippen molar-refractivity contribution in [1.82, 2.24) is 10.1 Å². The van der Waals surface area contributed by atoms with Crippen molar-refractivity contribution in [3.63, 3.8) is 0 Å². The van der Waals surface area contributed by atoms with Crippen molar-refractivity contribution in [1.29, 1.82) is 0 Å². The summed E-state index contributed by atoms with van der Waals surface area (Å²) in [6.45, 7) is 13.8. The van der Waals surface area contributed by atoms with Crippen LogP contribution in [0.1, 0.15) is 66.5 Å². The van der Waals surface area contributed by atoms with Gasteiger partial charge in [0.1, 0.15) is 29.3 Å². The molecule has 0 amide bonds. The van der Waals surface area contributed by atoms with E-state index in [0.717, 1.165) is 19.6 Å². The minimum Gasteiger partial charge on any atom is -0.714 e. The van der Waals surface area contributed by atoms with Crippen LogP contribution in [0.2, 0.25) is 0 Å². The van der Waals surface area contributed by atoms with E-state index < -0.39 is 22.2 Å². The lowest BCUT2D eigenvalue weighted by molar-refractivity contribution is -0.672. The molecule has 9 heteroatoms. The van der Waals surface area contributed by atoms with Gasteiger partial charge in [-0.2, -0.15) is 0 Å². The van der Waals surface area contributed by atoms with E-state index in [1.54, 1.807) is 85.5 Å². The number of hydroxylamine groups is 6.